The number of hydrogen-bond donors (Lipinski definition) is 1. The maximum Gasteiger partial charge on any atom is 0.242 e. The minimum atomic E-state index is -0.438. The van der Waals surface area contributed by atoms with Crippen molar-refractivity contribution < 1.29 is 4.79 Å². The van der Waals surface area contributed by atoms with Crippen molar-refractivity contribution in [2.45, 2.75) is 45.1 Å². The van der Waals surface area contributed by atoms with Crippen LogP contribution in [0.2, 0.25) is 0 Å². The van der Waals surface area contributed by atoms with E-state index in [1.165, 1.54) is 25.7 Å². The molecule has 0 saturated heterocycles. The second kappa shape index (κ2) is 4.60. The van der Waals surface area contributed by atoms with E-state index in [0.29, 0.717) is 0 Å². The summed E-state index contributed by atoms with van der Waals surface area (Å²) >= 11 is 0. The van der Waals surface area contributed by atoms with Crippen molar-refractivity contribution in [2.75, 3.05) is 20.6 Å². The normalized spacial score (nSPS) is 31.9. The van der Waals surface area contributed by atoms with Crippen molar-refractivity contribution in [3.8, 4) is 0 Å². The number of rotatable bonds is 4. The molecule has 1 N–H and O–H groups in total. The number of amides is 1. The Bertz CT molecular complexity index is 301. The van der Waals surface area contributed by atoms with Crippen LogP contribution >= 0.6 is 0 Å². The van der Waals surface area contributed by atoms with Gasteiger partial charge in [0.25, 0.3) is 0 Å². The van der Waals surface area contributed by atoms with E-state index in [9.17, 15) is 4.79 Å². The van der Waals surface area contributed by atoms with Crippen LogP contribution in [0, 0.1) is 17.8 Å². The van der Waals surface area contributed by atoms with Gasteiger partial charge in [-0.05, 0) is 57.9 Å². The molecule has 3 atom stereocenters. The van der Waals surface area contributed by atoms with Crippen molar-refractivity contribution in [1.82, 2.24) is 10.2 Å². The van der Waals surface area contributed by atoms with Crippen LogP contribution in [0.5, 0.6) is 0 Å². The van der Waals surface area contributed by atoms with Gasteiger partial charge in [-0.3, -0.25) is 4.79 Å². The molecule has 3 nitrogen and oxygen atoms in total. The summed E-state index contributed by atoms with van der Waals surface area (Å²) in [5.41, 5.74) is -0.438. The third-order valence-electron chi connectivity index (χ3n) is 4.90. The van der Waals surface area contributed by atoms with Crippen LogP contribution < -0.4 is 5.32 Å². The van der Waals surface area contributed by atoms with Crippen molar-refractivity contribution in [3.63, 3.8) is 0 Å². The van der Waals surface area contributed by atoms with E-state index in [0.717, 1.165) is 24.3 Å². The van der Waals surface area contributed by atoms with Gasteiger partial charge in [0, 0.05) is 13.6 Å². The maximum atomic E-state index is 12.3. The Hall–Kier alpha value is -0.570. The number of carbonyl (C=O) groups is 1. The predicted molar refractivity (Wildman–Crippen MR) is 69.7 cm³/mol. The first-order valence-corrected chi connectivity index (χ1v) is 6.88. The Balaban J connectivity index is 1.89. The molecule has 2 aliphatic carbocycles. The summed E-state index contributed by atoms with van der Waals surface area (Å²) in [7, 11) is 3.80. The third kappa shape index (κ3) is 2.49. The van der Waals surface area contributed by atoms with Gasteiger partial charge >= 0.3 is 0 Å². The van der Waals surface area contributed by atoms with Crippen molar-refractivity contribution in [3.05, 3.63) is 0 Å². The van der Waals surface area contributed by atoms with Gasteiger partial charge in [-0.25, -0.2) is 0 Å². The summed E-state index contributed by atoms with van der Waals surface area (Å²) < 4.78 is 0. The quantitative estimate of drug-likeness (QED) is 0.811. The number of likely N-dealkylation sites (N-methyl/N-ethyl adjacent to an activating group) is 2. The Morgan fingerprint density at radius 1 is 1.35 bits per heavy atom. The van der Waals surface area contributed by atoms with Crippen LogP contribution in [-0.2, 0) is 4.79 Å². The molecule has 2 aliphatic rings. The molecule has 0 heterocycles. The van der Waals surface area contributed by atoms with E-state index in [4.69, 9.17) is 0 Å². The first kappa shape index (κ1) is 12.9. The first-order chi connectivity index (χ1) is 7.94. The van der Waals surface area contributed by atoms with Crippen molar-refractivity contribution in [2.24, 2.45) is 17.8 Å². The fourth-order valence-corrected chi connectivity index (χ4v) is 3.62. The standard InChI is InChI=1S/C14H26N2O/c1-14(2,15-3)13(17)16(4)9-12-8-10-5-6-11(12)7-10/h10-12,15H,5-9H2,1-4H3. The van der Waals surface area contributed by atoms with E-state index in [1.807, 2.05) is 32.8 Å². The van der Waals surface area contributed by atoms with Crippen LogP contribution in [0.25, 0.3) is 0 Å². The molecule has 2 saturated carbocycles. The second-order valence-electron chi connectivity index (χ2n) is 6.50. The lowest BCUT2D eigenvalue weighted by Gasteiger charge is -2.32. The third-order valence-corrected chi connectivity index (χ3v) is 4.90. The highest BCUT2D eigenvalue weighted by Crippen LogP contribution is 2.48. The van der Waals surface area contributed by atoms with E-state index in [1.54, 1.807) is 0 Å². The molecule has 0 aliphatic heterocycles. The highest BCUT2D eigenvalue weighted by atomic mass is 16.2. The Kier molecular flexibility index (Phi) is 3.48. The molecule has 0 radical (unpaired) electrons. The van der Waals surface area contributed by atoms with Crippen molar-refractivity contribution in [1.29, 1.82) is 0 Å². The molecule has 0 spiro atoms. The summed E-state index contributed by atoms with van der Waals surface area (Å²) in [6, 6.07) is 0. The van der Waals surface area contributed by atoms with E-state index in [2.05, 4.69) is 5.32 Å². The van der Waals surface area contributed by atoms with E-state index in [-0.39, 0.29) is 5.91 Å². The van der Waals surface area contributed by atoms with Gasteiger partial charge in [-0.2, -0.15) is 0 Å². The SMILES string of the molecule is CNC(C)(C)C(=O)N(C)CC1CC2CCC1C2. The molecule has 0 aromatic carbocycles. The molecular formula is C14H26N2O. The number of fused-ring (bicyclic) bond motifs is 2. The molecule has 0 aromatic heterocycles. The van der Waals surface area contributed by atoms with Crippen molar-refractivity contribution >= 4 is 5.91 Å². The first-order valence-electron chi connectivity index (χ1n) is 6.88. The molecule has 2 bridgehead atoms. The van der Waals surface area contributed by atoms with E-state index >= 15 is 0 Å². The van der Waals surface area contributed by atoms with Gasteiger partial charge in [0.05, 0.1) is 5.54 Å². The lowest BCUT2D eigenvalue weighted by molar-refractivity contribution is -0.136. The van der Waals surface area contributed by atoms with Gasteiger partial charge in [0.2, 0.25) is 5.91 Å². The molecule has 2 fully saturated rings. The molecule has 3 heteroatoms. The number of nitrogens with zero attached hydrogens (tertiary/aromatic N) is 1. The Labute approximate surface area is 105 Å². The number of hydrogen-bond acceptors (Lipinski definition) is 2. The zero-order valence-corrected chi connectivity index (χ0v) is 11.6. The molecule has 0 aromatic rings. The number of carbonyl (C=O) groups excluding carboxylic acids is 1. The lowest BCUT2D eigenvalue weighted by Crippen LogP contribution is -2.52. The molecule has 17 heavy (non-hydrogen) atoms. The molecule has 2 rings (SSSR count). The summed E-state index contributed by atoms with van der Waals surface area (Å²) in [6.07, 6.45) is 5.60. The lowest BCUT2D eigenvalue weighted by atomic mass is 9.88. The summed E-state index contributed by atoms with van der Waals surface area (Å²) in [4.78, 5) is 14.2. The largest absolute Gasteiger partial charge is 0.344 e. The fraction of sp³-hybridized carbons (Fsp3) is 0.929. The highest BCUT2D eigenvalue weighted by molar-refractivity contribution is 5.85. The van der Waals surface area contributed by atoms with Gasteiger partial charge < -0.3 is 10.2 Å². The highest BCUT2D eigenvalue weighted by Gasteiger charge is 2.41. The van der Waals surface area contributed by atoms with Gasteiger partial charge in [-0.1, -0.05) is 6.42 Å². The molecule has 3 unspecified atom stereocenters. The van der Waals surface area contributed by atoms with Crippen LogP contribution in [0.3, 0.4) is 0 Å². The molecule has 98 valence electrons. The van der Waals surface area contributed by atoms with E-state index < -0.39 is 5.54 Å². The summed E-state index contributed by atoms with van der Waals surface area (Å²) in [5, 5.41) is 3.09. The van der Waals surface area contributed by atoms with Crippen LogP contribution in [0.15, 0.2) is 0 Å². The second-order valence-corrected chi connectivity index (χ2v) is 6.50. The van der Waals surface area contributed by atoms with Crippen LogP contribution in [0.1, 0.15) is 39.5 Å². The minimum Gasteiger partial charge on any atom is -0.344 e. The zero-order chi connectivity index (χ0) is 12.6. The number of nitrogens with one attached hydrogen (secondary N) is 1. The predicted octanol–water partition coefficient (Wildman–Crippen LogP) is 1.88. The smallest absolute Gasteiger partial charge is 0.242 e. The van der Waals surface area contributed by atoms with Crippen LogP contribution in [0.4, 0.5) is 0 Å². The monoisotopic (exact) mass is 238 g/mol. The van der Waals surface area contributed by atoms with Gasteiger partial charge in [0.1, 0.15) is 0 Å². The minimum absolute atomic E-state index is 0.211. The van der Waals surface area contributed by atoms with Gasteiger partial charge in [0.15, 0.2) is 0 Å². The Morgan fingerprint density at radius 2 is 2.06 bits per heavy atom. The topological polar surface area (TPSA) is 32.3 Å². The maximum absolute atomic E-state index is 12.3. The summed E-state index contributed by atoms with van der Waals surface area (Å²) in [5.74, 6) is 2.83. The molecular weight excluding hydrogens is 212 g/mol. The molecule has 1 amide bonds. The average Bonchev–Trinajstić information content (AvgIpc) is 2.89. The summed E-state index contributed by atoms with van der Waals surface area (Å²) in [6.45, 7) is 4.85. The average molecular weight is 238 g/mol. The Morgan fingerprint density at radius 3 is 2.53 bits per heavy atom. The van der Waals surface area contributed by atoms with Crippen LogP contribution in [-0.4, -0.2) is 37.0 Å². The zero-order valence-electron chi connectivity index (χ0n) is 11.6. The van der Waals surface area contributed by atoms with Gasteiger partial charge in [-0.15, -0.1) is 0 Å². The fourth-order valence-electron chi connectivity index (χ4n) is 3.62.